The summed E-state index contributed by atoms with van der Waals surface area (Å²) in [4.78, 5) is 13.5. The van der Waals surface area contributed by atoms with Gasteiger partial charge < -0.3 is 10.4 Å². The first-order valence-corrected chi connectivity index (χ1v) is 7.34. The van der Waals surface area contributed by atoms with E-state index in [1.54, 1.807) is 6.07 Å². The van der Waals surface area contributed by atoms with Crippen molar-refractivity contribution in [3.63, 3.8) is 0 Å². The van der Waals surface area contributed by atoms with Crippen LogP contribution in [0.1, 0.15) is 41.7 Å². The number of nitrogens with one attached hydrogen (secondary N) is 1. The van der Waals surface area contributed by atoms with Gasteiger partial charge in [-0.05, 0) is 24.0 Å². The minimum Gasteiger partial charge on any atom is -0.395 e. The van der Waals surface area contributed by atoms with E-state index in [-0.39, 0.29) is 12.5 Å². The lowest BCUT2D eigenvalue weighted by Crippen LogP contribution is -2.29. The Kier molecular flexibility index (Phi) is 6.61. The lowest BCUT2D eigenvalue weighted by atomic mass is 9.98. The van der Waals surface area contributed by atoms with Crippen LogP contribution in [0.15, 0.2) is 12.1 Å². The first-order chi connectivity index (χ1) is 9.04. The van der Waals surface area contributed by atoms with E-state index in [2.05, 4.69) is 37.9 Å². The molecular formula is C15H21NO2S. The Morgan fingerprint density at radius 3 is 2.79 bits per heavy atom. The molecule has 0 saturated carbocycles. The van der Waals surface area contributed by atoms with E-state index in [1.165, 1.54) is 11.3 Å². The zero-order chi connectivity index (χ0) is 14.3. The van der Waals surface area contributed by atoms with Gasteiger partial charge in [0.25, 0.3) is 5.91 Å². The Bertz CT molecular complexity index is 468. The predicted molar refractivity (Wildman–Crippen MR) is 79.2 cm³/mol. The van der Waals surface area contributed by atoms with E-state index in [4.69, 9.17) is 5.11 Å². The quantitative estimate of drug-likeness (QED) is 0.814. The second kappa shape index (κ2) is 7.98. The number of amides is 1. The summed E-state index contributed by atoms with van der Waals surface area (Å²) in [6.07, 6.45) is 0.464. The molecule has 4 heteroatoms. The average molecular weight is 279 g/mol. The van der Waals surface area contributed by atoms with Crippen molar-refractivity contribution >= 4 is 17.2 Å². The molecule has 2 N–H and O–H groups in total. The van der Waals surface area contributed by atoms with Gasteiger partial charge in [0, 0.05) is 13.0 Å². The minimum absolute atomic E-state index is 0.0345. The third-order valence-corrected chi connectivity index (χ3v) is 4.00. The molecule has 0 radical (unpaired) electrons. The van der Waals surface area contributed by atoms with Crippen molar-refractivity contribution < 1.29 is 9.90 Å². The van der Waals surface area contributed by atoms with Crippen molar-refractivity contribution in [1.82, 2.24) is 5.32 Å². The fraction of sp³-hybridized carbons (Fsp3) is 0.533. The van der Waals surface area contributed by atoms with Crippen LogP contribution in [-0.4, -0.2) is 24.2 Å². The normalized spacial score (nSPS) is 11.8. The molecule has 1 aromatic rings. The Morgan fingerprint density at radius 2 is 2.16 bits per heavy atom. The average Bonchev–Trinajstić information content (AvgIpc) is 2.84. The predicted octanol–water partition coefficient (Wildman–Crippen LogP) is 2.50. The second-order valence-corrected chi connectivity index (χ2v) is 5.95. The smallest absolute Gasteiger partial charge is 0.261 e. The highest BCUT2D eigenvalue weighted by Gasteiger charge is 2.11. The molecule has 0 saturated heterocycles. The number of aliphatic hydroxyl groups is 1. The molecule has 0 aliphatic heterocycles. The number of carbonyl (C=O) groups excluding carboxylic acids is 1. The highest BCUT2D eigenvalue weighted by atomic mass is 32.1. The van der Waals surface area contributed by atoms with E-state index < -0.39 is 0 Å². The van der Waals surface area contributed by atoms with Gasteiger partial charge in [-0.15, -0.1) is 11.3 Å². The van der Waals surface area contributed by atoms with Crippen molar-refractivity contribution in [3.8, 4) is 11.8 Å². The lowest BCUT2D eigenvalue weighted by molar-refractivity contribution is 0.0949. The molecule has 1 amide bonds. The standard InChI is InChI=1S/C15H21NO2S/c1-11(2)12(3)10-16-15(18)14-8-7-13(19-14)6-4-5-9-17/h7-8,11-12,17H,5,9-10H2,1-3H3,(H,16,18). The first kappa shape index (κ1) is 15.7. The molecule has 3 nitrogen and oxygen atoms in total. The van der Waals surface area contributed by atoms with Crippen molar-refractivity contribution in [2.75, 3.05) is 13.2 Å². The van der Waals surface area contributed by atoms with Gasteiger partial charge in [-0.1, -0.05) is 32.6 Å². The highest BCUT2D eigenvalue weighted by molar-refractivity contribution is 7.14. The number of carbonyl (C=O) groups is 1. The molecule has 0 aliphatic carbocycles. The molecule has 1 atom stereocenters. The van der Waals surface area contributed by atoms with Crippen LogP contribution in [0.25, 0.3) is 0 Å². The summed E-state index contributed by atoms with van der Waals surface area (Å²) >= 11 is 1.38. The fourth-order valence-electron chi connectivity index (χ4n) is 1.31. The Balaban J connectivity index is 2.52. The molecule has 0 fully saturated rings. The van der Waals surface area contributed by atoms with Crippen LogP contribution in [0.5, 0.6) is 0 Å². The van der Waals surface area contributed by atoms with Gasteiger partial charge in [-0.2, -0.15) is 0 Å². The molecule has 0 spiro atoms. The zero-order valence-electron chi connectivity index (χ0n) is 11.7. The third-order valence-electron chi connectivity index (χ3n) is 3.00. The van der Waals surface area contributed by atoms with Crippen molar-refractivity contribution in [2.45, 2.75) is 27.2 Å². The van der Waals surface area contributed by atoms with Gasteiger partial charge in [-0.3, -0.25) is 4.79 Å². The Morgan fingerprint density at radius 1 is 1.42 bits per heavy atom. The summed E-state index contributed by atoms with van der Waals surface area (Å²) in [5.74, 6) is 6.77. The van der Waals surface area contributed by atoms with Crippen LogP contribution in [0.4, 0.5) is 0 Å². The molecule has 1 rings (SSSR count). The monoisotopic (exact) mass is 279 g/mol. The topological polar surface area (TPSA) is 49.3 Å². The van der Waals surface area contributed by atoms with E-state index in [9.17, 15) is 4.79 Å². The maximum atomic E-state index is 11.9. The molecular weight excluding hydrogens is 258 g/mol. The zero-order valence-corrected chi connectivity index (χ0v) is 12.5. The van der Waals surface area contributed by atoms with Crippen molar-refractivity contribution in [1.29, 1.82) is 0 Å². The van der Waals surface area contributed by atoms with E-state index in [1.807, 2.05) is 6.07 Å². The first-order valence-electron chi connectivity index (χ1n) is 6.52. The summed E-state index contributed by atoms with van der Waals surface area (Å²) in [6.45, 7) is 7.19. The van der Waals surface area contributed by atoms with Crippen molar-refractivity contribution in [3.05, 3.63) is 21.9 Å². The summed E-state index contributed by atoms with van der Waals surface area (Å²) in [6, 6.07) is 3.64. The summed E-state index contributed by atoms with van der Waals surface area (Å²) in [7, 11) is 0. The van der Waals surface area contributed by atoms with Crippen LogP contribution in [0, 0.1) is 23.7 Å². The van der Waals surface area contributed by atoms with Gasteiger partial charge in [0.15, 0.2) is 0 Å². The third kappa shape index (κ3) is 5.46. The molecule has 1 unspecified atom stereocenters. The molecule has 0 aliphatic rings. The lowest BCUT2D eigenvalue weighted by Gasteiger charge is -2.15. The van der Waals surface area contributed by atoms with Gasteiger partial charge in [0.1, 0.15) is 0 Å². The van der Waals surface area contributed by atoms with Gasteiger partial charge in [0.2, 0.25) is 0 Å². The Labute approximate surface area is 119 Å². The van der Waals surface area contributed by atoms with Gasteiger partial charge >= 0.3 is 0 Å². The minimum atomic E-state index is -0.0345. The van der Waals surface area contributed by atoms with Crippen LogP contribution in [0.2, 0.25) is 0 Å². The summed E-state index contributed by atoms with van der Waals surface area (Å²) in [5, 5.41) is 11.6. The van der Waals surface area contributed by atoms with Gasteiger partial charge in [-0.25, -0.2) is 0 Å². The fourth-order valence-corrected chi connectivity index (χ4v) is 2.11. The van der Waals surface area contributed by atoms with Crippen LogP contribution < -0.4 is 5.32 Å². The van der Waals surface area contributed by atoms with Crippen LogP contribution in [0.3, 0.4) is 0 Å². The van der Waals surface area contributed by atoms with Gasteiger partial charge in [0.05, 0.1) is 16.4 Å². The number of thiophene rings is 1. The van der Waals surface area contributed by atoms with Crippen LogP contribution in [-0.2, 0) is 0 Å². The van der Waals surface area contributed by atoms with Crippen LogP contribution >= 0.6 is 11.3 Å². The molecule has 19 heavy (non-hydrogen) atoms. The number of hydrogen-bond acceptors (Lipinski definition) is 3. The molecule has 1 aromatic heterocycles. The Hall–Kier alpha value is -1.31. The maximum absolute atomic E-state index is 11.9. The molecule has 104 valence electrons. The molecule has 0 bridgehead atoms. The van der Waals surface area contributed by atoms with E-state index in [0.29, 0.717) is 29.7 Å². The molecule has 0 aromatic carbocycles. The van der Waals surface area contributed by atoms with E-state index >= 15 is 0 Å². The number of rotatable bonds is 5. The maximum Gasteiger partial charge on any atom is 0.261 e. The highest BCUT2D eigenvalue weighted by Crippen LogP contribution is 2.15. The summed E-state index contributed by atoms with van der Waals surface area (Å²) < 4.78 is 0. The number of aliphatic hydroxyl groups excluding tert-OH is 1. The second-order valence-electron chi connectivity index (χ2n) is 4.87. The SMILES string of the molecule is CC(C)C(C)CNC(=O)c1ccc(C#CCCO)s1. The van der Waals surface area contributed by atoms with E-state index in [0.717, 1.165) is 4.88 Å². The van der Waals surface area contributed by atoms with Crippen molar-refractivity contribution in [2.24, 2.45) is 11.8 Å². The number of hydrogen-bond donors (Lipinski definition) is 2. The largest absolute Gasteiger partial charge is 0.395 e. The molecule has 1 heterocycles. The summed E-state index contributed by atoms with van der Waals surface area (Å²) in [5.41, 5.74) is 0.